The molecule has 17 heavy (non-hydrogen) atoms. The van der Waals surface area contributed by atoms with Gasteiger partial charge in [0.05, 0.1) is 6.33 Å². The maximum Gasteiger partial charge on any atom is 0.261 e. The minimum atomic E-state index is -3.67. The standard InChI is InChI=1S/C10H18ClN3O2S/c1-7(10(2,3)4)13-17(15,16)9-8(11)14(5)6-12-9/h6-7,13H,1-5H3. The molecule has 7 heteroatoms. The zero-order valence-corrected chi connectivity index (χ0v) is 12.2. The number of aromatic nitrogens is 2. The third-order valence-electron chi connectivity index (χ3n) is 2.72. The lowest BCUT2D eigenvalue weighted by atomic mass is 9.89. The number of sulfonamides is 1. The molecule has 0 saturated heterocycles. The van der Waals surface area contributed by atoms with Gasteiger partial charge in [0.15, 0.2) is 0 Å². The van der Waals surface area contributed by atoms with Crippen molar-refractivity contribution >= 4 is 21.6 Å². The predicted molar refractivity (Wildman–Crippen MR) is 67.5 cm³/mol. The zero-order valence-electron chi connectivity index (χ0n) is 10.7. The van der Waals surface area contributed by atoms with Gasteiger partial charge in [0.2, 0.25) is 5.03 Å². The van der Waals surface area contributed by atoms with Gasteiger partial charge in [-0.05, 0) is 12.3 Å². The molecule has 0 bridgehead atoms. The number of halogens is 1. The summed E-state index contributed by atoms with van der Waals surface area (Å²) in [5, 5.41) is -0.0172. The monoisotopic (exact) mass is 279 g/mol. The molecule has 1 aromatic rings. The number of nitrogens with one attached hydrogen (secondary N) is 1. The normalized spacial score (nSPS) is 14.9. The molecule has 0 saturated carbocycles. The highest BCUT2D eigenvalue weighted by molar-refractivity contribution is 7.89. The van der Waals surface area contributed by atoms with Gasteiger partial charge in [0.25, 0.3) is 10.0 Å². The average molecular weight is 280 g/mol. The second-order valence-corrected chi connectivity index (χ2v) is 7.15. The van der Waals surface area contributed by atoms with E-state index >= 15 is 0 Å². The number of aryl methyl sites for hydroxylation is 1. The smallest absolute Gasteiger partial charge is 0.261 e. The maximum absolute atomic E-state index is 12.1. The molecule has 0 aliphatic carbocycles. The third kappa shape index (κ3) is 3.20. The lowest BCUT2D eigenvalue weighted by Gasteiger charge is -2.27. The van der Waals surface area contributed by atoms with Crippen molar-refractivity contribution in [3.63, 3.8) is 0 Å². The van der Waals surface area contributed by atoms with Crippen molar-refractivity contribution in [2.24, 2.45) is 12.5 Å². The first-order valence-electron chi connectivity index (χ1n) is 5.25. The molecule has 1 N–H and O–H groups in total. The molecular weight excluding hydrogens is 262 g/mol. The number of rotatable bonds is 3. The fraction of sp³-hybridized carbons (Fsp3) is 0.700. The van der Waals surface area contributed by atoms with E-state index in [1.54, 1.807) is 7.05 Å². The topological polar surface area (TPSA) is 64.0 Å². The van der Waals surface area contributed by atoms with Crippen molar-refractivity contribution in [2.45, 2.75) is 38.8 Å². The van der Waals surface area contributed by atoms with E-state index in [0.29, 0.717) is 0 Å². The lowest BCUT2D eigenvalue weighted by molar-refractivity contribution is 0.317. The molecule has 0 spiro atoms. The fourth-order valence-corrected chi connectivity index (χ4v) is 2.92. The van der Waals surface area contributed by atoms with Crippen molar-refractivity contribution in [2.75, 3.05) is 0 Å². The minimum absolute atomic E-state index is 0.110. The van der Waals surface area contributed by atoms with E-state index < -0.39 is 10.0 Å². The van der Waals surface area contributed by atoms with Gasteiger partial charge in [-0.15, -0.1) is 0 Å². The molecule has 98 valence electrons. The highest BCUT2D eigenvalue weighted by Gasteiger charge is 2.29. The number of nitrogens with zero attached hydrogens (tertiary/aromatic N) is 2. The Kier molecular flexibility index (Phi) is 3.91. The van der Waals surface area contributed by atoms with Gasteiger partial charge in [-0.1, -0.05) is 32.4 Å². The molecule has 1 atom stereocenters. The van der Waals surface area contributed by atoms with E-state index in [0.717, 1.165) is 0 Å². The Bertz CT molecular complexity index is 502. The molecule has 0 aliphatic heterocycles. The highest BCUT2D eigenvalue weighted by Crippen LogP contribution is 2.23. The third-order valence-corrected chi connectivity index (χ3v) is 4.75. The van der Waals surface area contributed by atoms with Crippen molar-refractivity contribution < 1.29 is 8.42 Å². The van der Waals surface area contributed by atoms with Crippen molar-refractivity contribution in [1.29, 1.82) is 0 Å². The summed E-state index contributed by atoms with van der Waals surface area (Å²) in [4.78, 5) is 3.80. The molecule has 0 aliphatic rings. The van der Waals surface area contributed by atoms with Crippen LogP contribution in [-0.2, 0) is 17.1 Å². The minimum Gasteiger partial charge on any atom is -0.324 e. The van der Waals surface area contributed by atoms with Crippen LogP contribution in [0, 0.1) is 5.41 Å². The Balaban J connectivity index is 3.02. The van der Waals surface area contributed by atoms with E-state index in [4.69, 9.17) is 11.6 Å². The van der Waals surface area contributed by atoms with Gasteiger partial charge in [-0.3, -0.25) is 0 Å². The molecule has 0 fully saturated rings. The summed E-state index contributed by atoms with van der Waals surface area (Å²) >= 11 is 5.87. The van der Waals surface area contributed by atoms with Crippen LogP contribution in [0.1, 0.15) is 27.7 Å². The average Bonchev–Trinajstić information content (AvgIpc) is 2.45. The molecular formula is C10H18ClN3O2S. The Morgan fingerprint density at radius 2 is 2.00 bits per heavy atom. The van der Waals surface area contributed by atoms with E-state index in [-0.39, 0.29) is 21.6 Å². The second kappa shape index (κ2) is 4.59. The first kappa shape index (κ1) is 14.5. The molecule has 0 radical (unpaired) electrons. The molecule has 1 rings (SSSR count). The lowest BCUT2D eigenvalue weighted by Crippen LogP contribution is -2.41. The van der Waals surface area contributed by atoms with Gasteiger partial charge in [-0.2, -0.15) is 0 Å². The molecule has 1 heterocycles. The van der Waals surface area contributed by atoms with Crippen LogP contribution in [0.2, 0.25) is 5.15 Å². The Hall–Kier alpha value is -0.590. The maximum atomic E-state index is 12.1. The summed E-state index contributed by atoms with van der Waals surface area (Å²) in [7, 11) is -2.03. The Morgan fingerprint density at radius 1 is 1.47 bits per heavy atom. The van der Waals surface area contributed by atoms with Crippen LogP contribution in [0.15, 0.2) is 11.4 Å². The van der Waals surface area contributed by atoms with Crippen LogP contribution in [-0.4, -0.2) is 24.0 Å². The van der Waals surface area contributed by atoms with E-state index in [2.05, 4.69) is 9.71 Å². The van der Waals surface area contributed by atoms with Gasteiger partial charge >= 0.3 is 0 Å². The van der Waals surface area contributed by atoms with E-state index in [1.165, 1.54) is 10.9 Å². The largest absolute Gasteiger partial charge is 0.324 e. The van der Waals surface area contributed by atoms with Crippen molar-refractivity contribution in [3.05, 3.63) is 11.5 Å². The van der Waals surface area contributed by atoms with Gasteiger partial charge in [0, 0.05) is 13.1 Å². The van der Waals surface area contributed by atoms with E-state index in [9.17, 15) is 8.42 Å². The van der Waals surface area contributed by atoms with Gasteiger partial charge < -0.3 is 4.57 Å². The van der Waals surface area contributed by atoms with Crippen LogP contribution in [0.3, 0.4) is 0 Å². The van der Waals surface area contributed by atoms with Crippen LogP contribution < -0.4 is 4.72 Å². The quantitative estimate of drug-likeness (QED) is 0.917. The predicted octanol–water partition coefficient (Wildman–Crippen LogP) is 1.79. The Morgan fingerprint density at radius 3 is 2.35 bits per heavy atom. The zero-order chi connectivity index (χ0) is 13.4. The number of hydrogen-bond acceptors (Lipinski definition) is 3. The highest BCUT2D eigenvalue weighted by atomic mass is 35.5. The SMILES string of the molecule is CC(NS(=O)(=O)c1ncn(C)c1Cl)C(C)(C)C. The number of imidazole rings is 1. The molecule has 5 nitrogen and oxygen atoms in total. The molecule has 0 aromatic carbocycles. The molecule has 1 aromatic heterocycles. The summed E-state index contributed by atoms with van der Waals surface area (Å²) in [5.41, 5.74) is -0.172. The summed E-state index contributed by atoms with van der Waals surface area (Å²) in [5.74, 6) is 0. The number of hydrogen-bond donors (Lipinski definition) is 1. The summed E-state index contributed by atoms with van der Waals surface area (Å²) in [6.07, 6.45) is 1.37. The molecule has 1 unspecified atom stereocenters. The van der Waals surface area contributed by atoms with Crippen LogP contribution in [0.4, 0.5) is 0 Å². The van der Waals surface area contributed by atoms with Crippen molar-refractivity contribution in [3.8, 4) is 0 Å². The fourth-order valence-electron chi connectivity index (χ4n) is 1.04. The van der Waals surface area contributed by atoms with Crippen molar-refractivity contribution in [1.82, 2.24) is 14.3 Å². The first-order valence-corrected chi connectivity index (χ1v) is 7.11. The Labute approximate surface area is 107 Å². The summed E-state index contributed by atoms with van der Waals surface area (Å²) < 4.78 is 28.1. The van der Waals surface area contributed by atoms with Crippen LogP contribution >= 0.6 is 11.6 Å². The van der Waals surface area contributed by atoms with Gasteiger partial charge in [-0.25, -0.2) is 18.1 Å². The van der Waals surface area contributed by atoms with Crippen LogP contribution in [0.25, 0.3) is 0 Å². The van der Waals surface area contributed by atoms with Crippen LogP contribution in [0.5, 0.6) is 0 Å². The summed E-state index contributed by atoms with van der Waals surface area (Å²) in [6, 6.07) is -0.217. The van der Waals surface area contributed by atoms with Gasteiger partial charge in [0.1, 0.15) is 5.15 Å². The summed E-state index contributed by atoms with van der Waals surface area (Å²) in [6.45, 7) is 7.69. The first-order chi connectivity index (χ1) is 7.55. The van der Waals surface area contributed by atoms with E-state index in [1.807, 2.05) is 27.7 Å². The second-order valence-electron chi connectivity index (χ2n) is 5.16. The molecule has 0 amide bonds.